The quantitative estimate of drug-likeness (QED) is 0.906. The van der Waals surface area contributed by atoms with Gasteiger partial charge < -0.3 is 15.0 Å². The Morgan fingerprint density at radius 2 is 2.08 bits per heavy atom. The third-order valence-electron chi connectivity index (χ3n) is 5.10. The van der Waals surface area contributed by atoms with Crippen LogP contribution in [0.5, 0.6) is 0 Å². The molecule has 0 radical (unpaired) electrons. The molecule has 1 atom stereocenters. The third kappa shape index (κ3) is 2.96. The van der Waals surface area contributed by atoms with Crippen molar-refractivity contribution < 1.29 is 9.90 Å². The predicted molar refractivity (Wildman–Crippen MR) is 94.1 cm³/mol. The standard InChI is InChI=1S/C19H24N2O3/c1-2-8-19(13-22)9-5-10-21(12-19)18(24)16-11-20-17(23)15-7-4-3-6-14(15)16/h3-4,6-7,11,22H,2,5,8-10,12-13H2,1H3,(H,20,23)/t19-/m0/s1. The summed E-state index contributed by atoms with van der Waals surface area (Å²) in [5.41, 5.74) is 0.146. The first kappa shape index (κ1) is 16.7. The Labute approximate surface area is 141 Å². The Morgan fingerprint density at radius 1 is 1.33 bits per heavy atom. The molecule has 0 aliphatic carbocycles. The fraction of sp³-hybridized carbons (Fsp3) is 0.474. The number of aliphatic hydroxyl groups is 1. The first-order chi connectivity index (χ1) is 11.6. The van der Waals surface area contributed by atoms with Crippen LogP contribution >= 0.6 is 0 Å². The number of aromatic amines is 1. The molecule has 1 saturated heterocycles. The molecule has 0 bridgehead atoms. The van der Waals surface area contributed by atoms with Crippen molar-refractivity contribution in [2.75, 3.05) is 19.7 Å². The highest BCUT2D eigenvalue weighted by Crippen LogP contribution is 2.35. The van der Waals surface area contributed by atoms with Gasteiger partial charge in [0, 0.05) is 35.5 Å². The highest BCUT2D eigenvalue weighted by atomic mass is 16.3. The fourth-order valence-corrected chi connectivity index (χ4v) is 3.88. The van der Waals surface area contributed by atoms with Gasteiger partial charge in [0.15, 0.2) is 0 Å². The number of fused-ring (bicyclic) bond motifs is 1. The monoisotopic (exact) mass is 328 g/mol. The molecule has 0 saturated carbocycles. The molecule has 5 nitrogen and oxygen atoms in total. The van der Waals surface area contributed by atoms with Crippen LogP contribution in [0.3, 0.4) is 0 Å². The average Bonchev–Trinajstić information content (AvgIpc) is 2.62. The molecule has 2 aromatic rings. The van der Waals surface area contributed by atoms with Crippen LogP contribution < -0.4 is 5.56 Å². The van der Waals surface area contributed by atoms with E-state index in [1.165, 1.54) is 6.20 Å². The number of rotatable bonds is 4. The van der Waals surface area contributed by atoms with E-state index in [0.717, 1.165) is 25.7 Å². The molecule has 1 aromatic carbocycles. The van der Waals surface area contributed by atoms with Crippen molar-refractivity contribution in [3.05, 3.63) is 46.4 Å². The summed E-state index contributed by atoms with van der Waals surface area (Å²) in [5, 5.41) is 11.1. The third-order valence-corrected chi connectivity index (χ3v) is 5.10. The molecule has 0 spiro atoms. The van der Waals surface area contributed by atoms with Gasteiger partial charge in [-0.2, -0.15) is 0 Å². The van der Waals surface area contributed by atoms with Crippen LogP contribution in [0, 0.1) is 5.41 Å². The van der Waals surface area contributed by atoms with Crippen LogP contribution in [0.15, 0.2) is 35.3 Å². The molecule has 5 heteroatoms. The first-order valence-electron chi connectivity index (χ1n) is 8.61. The van der Waals surface area contributed by atoms with E-state index < -0.39 is 0 Å². The highest BCUT2D eigenvalue weighted by Gasteiger charge is 2.36. The minimum Gasteiger partial charge on any atom is -0.396 e. The number of hydrogen-bond acceptors (Lipinski definition) is 3. The lowest BCUT2D eigenvalue weighted by Gasteiger charge is -2.42. The summed E-state index contributed by atoms with van der Waals surface area (Å²) >= 11 is 0. The largest absolute Gasteiger partial charge is 0.396 e. The maximum Gasteiger partial charge on any atom is 0.255 e. The normalized spacial score (nSPS) is 21.2. The maximum absolute atomic E-state index is 13.1. The number of amides is 1. The SMILES string of the molecule is CCC[C@]1(CO)CCCN(C(=O)c2c[nH]c(=O)c3ccccc23)C1. The second kappa shape index (κ2) is 6.77. The zero-order chi connectivity index (χ0) is 17.2. The number of nitrogens with zero attached hydrogens (tertiary/aromatic N) is 1. The summed E-state index contributed by atoms with van der Waals surface area (Å²) in [6.07, 6.45) is 5.27. The number of carbonyl (C=O) groups excluding carboxylic acids is 1. The number of carbonyl (C=O) groups is 1. The van der Waals surface area contributed by atoms with Gasteiger partial charge >= 0.3 is 0 Å². The van der Waals surface area contributed by atoms with Crippen molar-refractivity contribution in [1.29, 1.82) is 0 Å². The lowest BCUT2D eigenvalue weighted by molar-refractivity contribution is 0.0223. The number of aliphatic hydroxyl groups excluding tert-OH is 1. The van der Waals surface area contributed by atoms with Crippen LogP contribution in [0.1, 0.15) is 43.0 Å². The summed E-state index contributed by atoms with van der Waals surface area (Å²) in [4.78, 5) is 29.5. The maximum atomic E-state index is 13.1. The minimum atomic E-state index is -0.194. The fourth-order valence-electron chi connectivity index (χ4n) is 3.88. The van der Waals surface area contributed by atoms with Gasteiger partial charge in [-0.25, -0.2) is 0 Å². The molecule has 2 heterocycles. The highest BCUT2D eigenvalue weighted by molar-refractivity contribution is 6.06. The van der Waals surface area contributed by atoms with E-state index in [0.29, 0.717) is 29.4 Å². The summed E-state index contributed by atoms with van der Waals surface area (Å²) in [6.45, 7) is 3.48. The zero-order valence-electron chi connectivity index (χ0n) is 14.0. The van der Waals surface area contributed by atoms with Crippen LogP contribution in [0.4, 0.5) is 0 Å². The Bertz CT molecular complexity index is 795. The molecule has 128 valence electrons. The molecule has 24 heavy (non-hydrogen) atoms. The lowest BCUT2D eigenvalue weighted by atomic mass is 9.77. The number of piperidine rings is 1. The molecule has 2 N–H and O–H groups in total. The van der Waals surface area contributed by atoms with Gasteiger partial charge in [0.1, 0.15) is 0 Å². The van der Waals surface area contributed by atoms with E-state index in [1.807, 2.05) is 17.0 Å². The zero-order valence-corrected chi connectivity index (χ0v) is 14.0. The van der Waals surface area contributed by atoms with Gasteiger partial charge in [-0.3, -0.25) is 9.59 Å². The number of likely N-dealkylation sites (tertiary alicyclic amines) is 1. The molecule has 1 amide bonds. The van der Waals surface area contributed by atoms with Crippen molar-refractivity contribution in [3.63, 3.8) is 0 Å². The van der Waals surface area contributed by atoms with E-state index in [2.05, 4.69) is 11.9 Å². The number of hydrogen-bond donors (Lipinski definition) is 2. The van der Waals surface area contributed by atoms with Crippen LogP contribution in [0.2, 0.25) is 0 Å². The summed E-state index contributed by atoms with van der Waals surface area (Å²) in [6, 6.07) is 7.18. The molecule has 1 fully saturated rings. The van der Waals surface area contributed by atoms with Crippen molar-refractivity contribution in [2.24, 2.45) is 5.41 Å². The summed E-state index contributed by atoms with van der Waals surface area (Å²) < 4.78 is 0. The minimum absolute atomic E-state index is 0.0731. The second-order valence-electron chi connectivity index (χ2n) is 6.82. The van der Waals surface area contributed by atoms with Gasteiger partial charge in [-0.15, -0.1) is 0 Å². The number of pyridine rings is 1. The predicted octanol–water partition coefficient (Wildman–Crippen LogP) is 2.54. The molecular weight excluding hydrogens is 304 g/mol. The Kier molecular flexibility index (Phi) is 4.71. The summed E-state index contributed by atoms with van der Waals surface area (Å²) in [5.74, 6) is -0.0731. The van der Waals surface area contributed by atoms with Crippen LogP contribution in [-0.2, 0) is 0 Å². The second-order valence-corrected chi connectivity index (χ2v) is 6.82. The van der Waals surface area contributed by atoms with E-state index in [-0.39, 0.29) is 23.5 Å². The molecule has 3 rings (SSSR count). The molecule has 1 aliphatic heterocycles. The van der Waals surface area contributed by atoms with Crippen molar-refractivity contribution in [1.82, 2.24) is 9.88 Å². The molecule has 1 aromatic heterocycles. The van der Waals surface area contributed by atoms with E-state index in [9.17, 15) is 14.7 Å². The Balaban J connectivity index is 1.95. The number of H-pyrrole nitrogens is 1. The lowest BCUT2D eigenvalue weighted by Crippen LogP contribution is -2.48. The van der Waals surface area contributed by atoms with E-state index in [1.54, 1.807) is 12.1 Å². The number of benzene rings is 1. The average molecular weight is 328 g/mol. The van der Waals surface area contributed by atoms with Crippen LogP contribution in [-0.4, -0.2) is 40.6 Å². The van der Waals surface area contributed by atoms with E-state index >= 15 is 0 Å². The van der Waals surface area contributed by atoms with E-state index in [4.69, 9.17) is 0 Å². The van der Waals surface area contributed by atoms with Gasteiger partial charge in [0.2, 0.25) is 0 Å². The smallest absolute Gasteiger partial charge is 0.255 e. The first-order valence-corrected chi connectivity index (χ1v) is 8.61. The van der Waals surface area contributed by atoms with Gasteiger partial charge in [-0.1, -0.05) is 31.5 Å². The number of nitrogens with one attached hydrogen (secondary N) is 1. The van der Waals surface area contributed by atoms with Gasteiger partial charge in [-0.05, 0) is 25.3 Å². The van der Waals surface area contributed by atoms with Crippen molar-refractivity contribution in [2.45, 2.75) is 32.6 Å². The molecule has 0 unspecified atom stereocenters. The topological polar surface area (TPSA) is 73.4 Å². The van der Waals surface area contributed by atoms with Crippen LogP contribution in [0.25, 0.3) is 10.8 Å². The van der Waals surface area contributed by atoms with Gasteiger partial charge in [0.05, 0.1) is 12.2 Å². The summed E-state index contributed by atoms with van der Waals surface area (Å²) in [7, 11) is 0. The molecular formula is C19H24N2O3. The number of aromatic nitrogens is 1. The van der Waals surface area contributed by atoms with Crippen molar-refractivity contribution in [3.8, 4) is 0 Å². The molecule has 1 aliphatic rings. The Morgan fingerprint density at radius 3 is 2.79 bits per heavy atom. The van der Waals surface area contributed by atoms with Crippen molar-refractivity contribution >= 4 is 16.7 Å². The van der Waals surface area contributed by atoms with Gasteiger partial charge in [0.25, 0.3) is 11.5 Å². The Hall–Kier alpha value is -2.14.